The van der Waals surface area contributed by atoms with E-state index in [9.17, 15) is 8.42 Å². The molecule has 0 aliphatic carbocycles. The monoisotopic (exact) mass is 426 g/mol. The van der Waals surface area contributed by atoms with Crippen molar-refractivity contribution in [3.05, 3.63) is 54.6 Å². The molecule has 0 aliphatic rings. The first-order valence-corrected chi connectivity index (χ1v) is 9.44. The number of ether oxygens (including phenoxy) is 1. The van der Waals surface area contributed by atoms with Gasteiger partial charge < -0.3 is 25.2 Å². The molecule has 0 saturated carbocycles. The molecule has 0 heterocycles. The average molecular weight is 427 g/mol. The van der Waals surface area contributed by atoms with E-state index in [1.165, 1.54) is 24.3 Å². The van der Waals surface area contributed by atoms with Gasteiger partial charge in [-0.3, -0.25) is 4.55 Å². The van der Waals surface area contributed by atoms with Crippen LogP contribution in [0.15, 0.2) is 54.5 Å². The van der Waals surface area contributed by atoms with Crippen LogP contribution in [0.4, 0.5) is 0 Å². The molecule has 10 heteroatoms. The Morgan fingerprint density at radius 2 is 1.44 bits per heavy atom. The zero-order valence-corrected chi connectivity index (χ0v) is 16.4. The molecule has 0 amide bonds. The second-order valence-corrected chi connectivity index (χ2v) is 7.04. The third-order valence-electron chi connectivity index (χ3n) is 2.91. The fourth-order valence-electron chi connectivity index (χ4n) is 1.16. The normalized spacial score (nSPS) is 10.7. The van der Waals surface area contributed by atoms with Gasteiger partial charge in [0.15, 0.2) is 0 Å². The minimum Gasteiger partial charge on any atom is -0.396 e. The fourth-order valence-corrected chi connectivity index (χ4v) is 1.94. The molecule has 5 N–H and O–H groups in total. The molecule has 1 aromatic carbocycles. The Bertz CT molecular complexity index is 604. The van der Waals surface area contributed by atoms with Gasteiger partial charge in [0.1, 0.15) is 0 Å². The van der Waals surface area contributed by atoms with E-state index >= 15 is 0 Å². The molecule has 0 saturated heterocycles. The largest absolute Gasteiger partial charge is 0.396 e. The van der Waals surface area contributed by atoms with E-state index < -0.39 is 42.0 Å². The van der Waals surface area contributed by atoms with Gasteiger partial charge in [0, 0.05) is 5.02 Å². The maximum atomic E-state index is 10.5. The molecular weight excluding hydrogens is 400 g/mol. The third-order valence-corrected chi connectivity index (χ3v) is 3.99. The van der Waals surface area contributed by atoms with Crippen LogP contribution in [0.5, 0.6) is 0 Å². The average Bonchev–Trinajstić information content (AvgIpc) is 2.65. The highest BCUT2D eigenvalue weighted by molar-refractivity contribution is 7.85. The first kappa shape index (κ1) is 27.9. The lowest BCUT2D eigenvalue weighted by Gasteiger charge is -2.23. The highest BCUT2D eigenvalue weighted by Gasteiger charge is 2.26. The second kappa shape index (κ2) is 15.7. The smallest absolute Gasteiger partial charge is 0.294 e. The zero-order chi connectivity index (χ0) is 21.3. The predicted molar refractivity (Wildman–Crippen MR) is 103 cm³/mol. The summed E-state index contributed by atoms with van der Waals surface area (Å²) >= 11 is 5.48. The quantitative estimate of drug-likeness (QED) is 0.222. The number of hydrogen-bond acceptors (Lipinski definition) is 7. The highest BCUT2D eigenvalue weighted by atomic mass is 35.5. The lowest BCUT2D eigenvalue weighted by Crippen LogP contribution is -2.37. The Kier molecular flexibility index (Phi) is 16.3. The molecule has 0 unspecified atom stereocenters. The summed E-state index contributed by atoms with van der Waals surface area (Å²) < 4.78 is 34.4. The van der Waals surface area contributed by atoms with Crippen LogP contribution in [0.3, 0.4) is 0 Å². The van der Waals surface area contributed by atoms with Crippen LogP contribution in [-0.2, 0) is 14.9 Å². The number of hydrogen-bond donors (Lipinski definition) is 5. The molecule has 0 atom stereocenters. The summed E-state index contributed by atoms with van der Waals surface area (Å²) in [7, 11) is -4.11. The lowest BCUT2D eigenvalue weighted by atomic mass is 9.93. The van der Waals surface area contributed by atoms with Crippen molar-refractivity contribution in [3.8, 4) is 0 Å². The van der Waals surface area contributed by atoms with Gasteiger partial charge in [-0.05, 0) is 18.2 Å². The van der Waals surface area contributed by atoms with E-state index in [0.29, 0.717) is 13.2 Å². The molecule has 1 rings (SSSR count). The molecule has 0 radical (unpaired) electrons. The second-order valence-electron chi connectivity index (χ2n) is 5.18. The molecular formula is C17H27ClO8S. The summed E-state index contributed by atoms with van der Waals surface area (Å²) in [4.78, 5) is -0.190. The number of rotatable bonds is 9. The van der Waals surface area contributed by atoms with Crippen LogP contribution < -0.4 is 0 Å². The van der Waals surface area contributed by atoms with Crippen molar-refractivity contribution in [1.82, 2.24) is 0 Å². The molecule has 1 aromatic rings. The molecule has 156 valence electrons. The maximum absolute atomic E-state index is 10.5. The summed E-state index contributed by atoms with van der Waals surface area (Å²) in [6, 6.07) is 5.42. The van der Waals surface area contributed by atoms with Crippen molar-refractivity contribution in [3.63, 3.8) is 0 Å². The first-order chi connectivity index (χ1) is 12.7. The summed E-state index contributed by atoms with van der Waals surface area (Å²) in [5, 5.41) is 34.3. The SMILES string of the molecule is C=CCOCC=C.O=S(=O)(O)c1cccc(Cl)c1.OCC(CO)(CO)CO. The van der Waals surface area contributed by atoms with Crippen molar-refractivity contribution >= 4 is 21.7 Å². The fraction of sp³-hybridized carbons (Fsp3) is 0.412. The van der Waals surface area contributed by atoms with Gasteiger partial charge in [0.2, 0.25) is 0 Å². The van der Waals surface area contributed by atoms with E-state index in [1.807, 2.05) is 0 Å². The highest BCUT2D eigenvalue weighted by Crippen LogP contribution is 2.14. The van der Waals surface area contributed by atoms with Crippen molar-refractivity contribution in [2.45, 2.75) is 4.90 Å². The summed E-state index contributed by atoms with van der Waals surface area (Å²) in [5.74, 6) is 0. The molecule has 0 fully saturated rings. The van der Waals surface area contributed by atoms with Crippen LogP contribution in [-0.4, -0.2) is 73.0 Å². The van der Waals surface area contributed by atoms with Gasteiger partial charge in [-0.15, -0.1) is 13.2 Å². The topological polar surface area (TPSA) is 145 Å². The molecule has 0 aliphatic heterocycles. The van der Waals surface area contributed by atoms with Gasteiger partial charge in [-0.1, -0.05) is 29.8 Å². The van der Waals surface area contributed by atoms with Gasteiger partial charge in [0.25, 0.3) is 10.1 Å². The van der Waals surface area contributed by atoms with E-state index in [-0.39, 0.29) is 9.92 Å². The van der Waals surface area contributed by atoms with E-state index in [2.05, 4.69) is 13.2 Å². The van der Waals surface area contributed by atoms with Crippen LogP contribution in [0.2, 0.25) is 5.02 Å². The van der Waals surface area contributed by atoms with Gasteiger partial charge in [-0.2, -0.15) is 8.42 Å². The molecule has 27 heavy (non-hydrogen) atoms. The first-order valence-electron chi connectivity index (χ1n) is 7.62. The summed E-state index contributed by atoms with van der Waals surface area (Å²) in [6.45, 7) is 6.56. The van der Waals surface area contributed by atoms with Crippen LogP contribution in [0, 0.1) is 5.41 Å². The van der Waals surface area contributed by atoms with Crippen molar-refractivity contribution in [1.29, 1.82) is 0 Å². The van der Waals surface area contributed by atoms with Crippen molar-refractivity contribution < 1.29 is 38.1 Å². The summed E-state index contributed by atoms with van der Waals surface area (Å²) in [5.41, 5.74) is -1.11. The Morgan fingerprint density at radius 1 is 1.00 bits per heavy atom. The minimum absolute atomic E-state index is 0.190. The van der Waals surface area contributed by atoms with Crippen LogP contribution in [0.25, 0.3) is 0 Å². The van der Waals surface area contributed by atoms with Gasteiger partial charge >= 0.3 is 0 Å². The molecule has 0 bridgehead atoms. The third kappa shape index (κ3) is 13.5. The van der Waals surface area contributed by atoms with E-state index in [1.54, 1.807) is 12.2 Å². The van der Waals surface area contributed by atoms with Gasteiger partial charge in [-0.25, -0.2) is 0 Å². The Morgan fingerprint density at radius 3 is 1.67 bits per heavy atom. The van der Waals surface area contributed by atoms with E-state index in [0.717, 1.165) is 0 Å². The predicted octanol–water partition coefficient (Wildman–Crippen LogP) is 0.904. The molecule has 8 nitrogen and oxygen atoms in total. The standard InChI is InChI=1S/C6H5ClO3S.C6H10O.C5H12O4/c7-5-2-1-3-6(4-5)11(8,9)10;1-3-5-7-6-4-2;6-1-5(2-7,3-8)4-9/h1-4H,(H,8,9,10);3-4H,1-2,5-6H2;6-9H,1-4H2. The lowest BCUT2D eigenvalue weighted by molar-refractivity contribution is -0.0328. The Hall–Kier alpha value is -1.30. The minimum atomic E-state index is -4.11. The van der Waals surface area contributed by atoms with Crippen LogP contribution >= 0.6 is 11.6 Å². The molecule has 0 spiro atoms. The summed E-state index contributed by atoms with van der Waals surface area (Å²) in [6.07, 6.45) is 3.42. The van der Waals surface area contributed by atoms with Gasteiger partial charge in [0.05, 0.1) is 50.0 Å². The van der Waals surface area contributed by atoms with Crippen LogP contribution in [0.1, 0.15) is 0 Å². The maximum Gasteiger partial charge on any atom is 0.294 e. The molecule has 0 aromatic heterocycles. The van der Waals surface area contributed by atoms with E-state index in [4.69, 9.17) is 41.3 Å². The van der Waals surface area contributed by atoms with Crippen molar-refractivity contribution in [2.75, 3.05) is 39.6 Å². The Labute approximate surface area is 164 Å². The van der Waals surface area contributed by atoms with Crippen molar-refractivity contribution in [2.24, 2.45) is 5.41 Å². The number of halogens is 1. The zero-order valence-electron chi connectivity index (χ0n) is 14.9. The number of benzene rings is 1. The number of aliphatic hydroxyl groups is 4. The Balaban J connectivity index is 0. The number of aliphatic hydroxyl groups excluding tert-OH is 4.